The third-order valence-electron chi connectivity index (χ3n) is 5.54. The predicted octanol–water partition coefficient (Wildman–Crippen LogP) is 7.39. The van der Waals surface area contributed by atoms with Gasteiger partial charge in [0, 0.05) is 11.1 Å². The largest absolute Gasteiger partial charge is 0.494 e. The van der Waals surface area contributed by atoms with Gasteiger partial charge in [-0.3, -0.25) is 4.79 Å². The first-order valence-corrected chi connectivity index (χ1v) is 12.1. The minimum absolute atomic E-state index is 0.0799. The van der Waals surface area contributed by atoms with E-state index in [0.29, 0.717) is 23.3 Å². The molecule has 0 saturated heterocycles. The van der Waals surface area contributed by atoms with E-state index in [9.17, 15) is 9.59 Å². The topological polar surface area (TPSA) is 52.6 Å². The van der Waals surface area contributed by atoms with Crippen molar-refractivity contribution in [3.8, 4) is 5.75 Å². The number of unbranched alkanes of at least 4 members (excludes halogenated alkanes) is 6. The summed E-state index contributed by atoms with van der Waals surface area (Å²) in [5.74, 6) is 0.357. The van der Waals surface area contributed by atoms with Crippen LogP contribution in [0.3, 0.4) is 0 Å². The molecule has 2 rings (SSSR count). The highest BCUT2D eigenvalue weighted by atomic mass is 16.5. The minimum Gasteiger partial charge on any atom is -0.494 e. The summed E-state index contributed by atoms with van der Waals surface area (Å²) >= 11 is 0. The van der Waals surface area contributed by atoms with Crippen molar-refractivity contribution >= 4 is 11.8 Å². The molecule has 174 valence electrons. The number of hydrogen-bond acceptors (Lipinski definition) is 4. The van der Waals surface area contributed by atoms with Crippen LogP contribution >= 0.6 is 0 Å². The molecule has 1 atom stereocenters. The Labute approximate surface area is 193 Å². The van der Waals surface area contributed by atoms with Gasteiger partial charge in [0.25, 0.3) is 0 Å². The van der Waals surface area contributed by atoms with E-state index in [1.165, 1.54) is 38.5 Å². The molecule has 0 aromatic heterocycles. The highest BCUT2D eigenvalue weighted by molar-refractivity contribution is 6.09. The number of carbonyl (C=O) groups excluding carboxylic acids is 2. The molecule has 0 spiro atoms. The van der Waals surface area contributed by atoms with Crippen LogP contribution in [0.1, 0.15) is 105 Å². The van der Waals surface area contributed by atoms with E-state index >= 15 is 0 Å². The van der Waals surface area contributed by atoms with Crippen molar-refractivity contribution in [1.29, 1.82) is 0 Å². The number of ether oxygens (including phenoxy) is 2. The first-order valence-electron chi connectivity index (χ1n) is 12.1. The fourth-order valence-corrected chi connectivity index (χ4v) is 3.51. The second kappa shape index (κ2) is 14.4. The van der Waals surface area contributed by atoms with E-state index in [4.69, 9.17) is 9.47 Å². The maximum atomic E-state index is 12.8. The third kappa shape index (κ3) is 8.86. The van der Waals surface area contributed by atoms with Crippen molar-refractivity contribution in [2.75, 3.05) is 6.61 Å². The quantitative estimate of drug-likeness (QED) is 0.165. The van der Waals surface area contributed by atoms with Gasteiger partial charge in [-0.25, -0.2) is 4.79 Å². The SMILES string of the molecule is CCCCCCOc1ccc(C(=O)c2ccc(C(=O)O[C@@H](C)CCCCCC)cc2)cc1. The molecule has 0 saturated carbocycles. The molecule has 0 amide bonds. The van der Waals surface area contributed by atoms with E-state index in [0.717, 1.165) is 25.0 Å². The molecule has 0 N–H and O–H groups in total. The van der Waals surface area contributed by atoms with Crippen molar-refractivity contribution in [2.24, 2.45) is 0 Å². The van der Waals surface area contributed by atoms with Gasteiger partial charge in [0.1, 0.15) is 5.75 Å². The van der Waals surface area contributed by atoms with E-state index < -0.39 is 0 Å². The molecular weight excluding hydrogens is 400 g/mol. The molecule has 0 fully saturated rings. The normalized spacial score (nSPS) is 11.7. The molecule has 2 aromatic rings. The van der Waals surface area contributed by atoms with Crippen LogP contribution in [0.2, 0.25) is 0 Å². The van der Waals surface area contributed by atoms with Gasteiger partial charge in [-0.15, -0.1) is 0 Å². The average molecular weight is 439 g/mol. The maximum Gasteiger partial charge on any atom is 0.338 e. The van der Waals surface area contributed by atoms with Crippen molar-refractivity contribution in [2.45, 2.75) is 84.7 Å². The predicted molar refractivity (Wildman–Crippen MR) is 130 cm³/mol. The van der Waals surface area contributed by atoms with Crippen molar-refractivity contribution in [3.63, 3.8) is 0 Å². The van der Waals surface area contributed by atoms with Crippen LogP contribution in [-0.2, 0) is 4.74 Å². The Hall–Kier alpha value is -2.62. The standard InChI is InChI=1S/C28H38O4/c1-4-6-8-10-12-22(3)32-28(30)25-15-13-23(14-16-25)27(29)24-17-19-26(20-18-24)31-21-11-9-7-5-2/h13-20,22H,4-12,21H2,1-3H3/t22-/m0/s1. The first-order chi connectivity index (χ1) is 15.5. The summed E-state index contributed by atoms with van der Waals surface area (Å²) < 4.78 is 11.3. The van der Waals surface area contributed by atoms with E-state index in [1.807, 2.05) is 19.1 Å². The van der Waals surface area contributed by atoms with E-state index in [-0.39, 0.29) is 17.9 Å². The van der Waals surface area contributed by atoms with E-state index in [1.54, 1.807) is 36.4 Å². The van der Waals surface area contributed by atoms with Gasteiger partial charge in [0.2, 0.25) is 0 Å². The zero-order chi connectivity index (χ0) is 23.2. The van der Waals surface area contributed by atoms with Crippen LogP contribution in [0.25, 0.3) is 0 Å². The second-order valence-electron chi connectivity index (χ2n) is 8.41. The molecule has 0 radical (unpaired) electrons. The number of esters is 1. The van der Waals surface area contributed by atoms with Gasteiger partial charge in [-0.2, -0.15) is 0 Å². The summed E-state index contributed by atoms with van der Waals surface area (Å²) in [5.41, 5.74) is 1.61. The summed E-state index contributed by atoms with van der Waals surface area (Å²) in [6.45, 7) is 6.99. The molecule has 0 bridgehead atoms. The Balaban J connectivity index is 1.85. The Morgan fingerprint density at radius 2 is 1.25 bits per heavy atom. The lowest BCUT2D eigenvalue weighted by Crippen LogP contribution is -2.15. The lowest BCUT2D eigenvalue weighted by molar-refractivity contribution is 0.0319. The van der Waals surface area contributed by atoms with Crippen molar-refractivity contribution in [3.05, 3.63) is 65.2 Å². The van der Waals surface area contributed by atoms with Crippen LogP contribution in [0, 0.1) is 0 Å². The summed E-state index contributed by atoms with van der Waals surface area (Å²) in [7, 11) is 0. The number of ketones is 1. The van der Waals surface area contributed by atoms with Gasteiger partial charge in [0.05, 0.1) is 18.3 Å². The summed E-state index contributed by atoms with van der Waals surface area (Å²) in [4.78, 5) is 25.1. The van der Waals surface area contributed by atoms with Gasteiger partial charge in [-0.05, 0) is 62.6 Å². The highest BCUT2D eigenvalue weighted by Crippen LogP contribution is 2.17. The van der Waals surface area contributed by atoms with Crippen molar-refractivity contribution in [1.82, 2.24) is 0 Å². The highest BCUT2D eigenvalue weighted by Gasteiger charge is 2.14. The molecule has 32 heavy (non-hydrogen) atoms. The number of carbonyl (C=O) groups is 2. The van der Waals surface area contributed by atoms with Crippen molar-refractivity contribution < 1.29 is 19.1 Å². The Kier molecular flexibility index (Phi) is 11.6. The monoisotopic (exact) mass is 438 g/mol. The Bertz CT molecular complexity index is 808. The average Bonchev–Trinajstić information content (AvgIpc) is 2.82. The zero-order valence-corrected chi connectivity index (χ0v) is 19.9. The lowest BCUT2D eigenvalue weighted by atomic mass is 10.0. The van der Waals surface area contributed by atoms with Gasteiger partial charge in [0.15, 0.2) is 5.78 Å². The molecule has 0 aliphatic rings. The fourth-order valence-electron chi connectivity index (χ4n) is 3.51. The molecule has 0 aliphatic carbocycles. The molecule has 0 aliphatic heterocycles. The fraction of sp³-hybridized carbons (Fsp3) is 0.500. The Morgan fingerprint density at radius 1 is 0.719 bits per heavy atom. The zero-order valence-electron chi connectivity index (χ0n) is 19.9. The summed E-state index contributed by atoms with van der Waals surface area (Å²) in [6.07, 6.45) is 10.1. The smallest absolute Gasteiger partial charge is 0.338 e. The molecule has 4 nitrogen and oxygen atoms in total. The van der Waals surface area contributed by atoms with Gasteiger partial charge < -0.3 is 9.47 Å². The molecule has 4 heteroatoms. The first kappa shape index (κ1) is 25.6. The number of rotatable bonds is 15. The lowest BCUT2D eigenvalue weighted by Gasteiger charge is -2.13. The molecule has 0 unspecified atom stereocenters. The number of benzene rings is 2. The van der Waals surface area contributed by atoms with Crippen LogP contribution in [0.5, 0.6) is 5.75 Å². The van der Waals surface area contributed by atoms with Gasteiger partial charge >= 0.3 is 5.97 Å². The molecular formula is C28H38O4. The summed E-state index contributed by atoms with van der Waals surface area (Å²) in [5, 5.41) is 0. The van der Waals surface area contributed by atoms with Crippen LogP contribution in [0.4, 0.5) is 0 Å². The molecule has 2 aromatic carbocycles. The van der Waals surface area contributed by atoms with E-state index in [2.05, 4.69) is 13.8 Å². The van der Waals surface area contributed by atoms with Crippen LogP contribution in [-0.4, -0.2) is 24.5 Å². The third-order valence-corrected chi connectivity index (χ3v) is 5.54. The second-order valence-corrected chi connectivity index (χ2v) is 8.41. The number of hydrogen-bond donors (Lipinski definition) is 0. The maximum absolute atomic E-state index is 12.8. The van der Waals surface area contributed by atoms with Crippen LogP contribution in [0.15, 0.2) is 48.5 Å². The van der Waals surface area contributed by atoms with Gasteiger partial charge in [-0.1, -0.05) is 64.5 Å². The molecule has 0 heterocycles. The minimum atomic E-state index is -0.340. The summed E-state index contributed by atoms with van der Waals surface area (Å²) in [6, 6.07) is 13.9. The Morgan fingerprint density at radius 3 is 1.84 bits per heavy atom. The van der Waals surface area contributed by atoms with Crippen LogP contribution < -0.4 is 4.74 Å².